The Bertz CT molecular complexity index is 600. The Morgan fingerprint density at radius 1 is 1.00 bits per heavy atom. The van der Waals surface area contributed by atoms with E-state index in [1.54, 1.807) is 6.07 Å². The van der Waals surface area contributed by atoms with Gasteiger partial charge in [0, 0.05) is 22.3 Å². The maximum absolute atomic E-state index is 6.20. The van der Waals surface area contributed by atoms with Gasteiger partial charge in [0.05, 0.1) is 0 Å². The van der Waals surface area contributed by atoms with Gasteiger partial charge in [0.15, 0.2) is 0 Å². The lowest BCUT2D eigenvalue weighted by atomic mass is 9.86. The summed E-state index contributed by atoms with van der Waals surface area (Å²) < 4.78 is 0. The molecule has 0 spiro atoms. The van der Waals surface area contributed by atoms with Crippen molar-refractivity contribution in [1.29, 1.82) is 0 Å². The Labute approximate surface area is 130 Å². The van der Waals surface area contributed by atoms with Crippen LogP contribution in [0.15, 0.2) is 42.5 Å². The monoisotopic (exact) mass is 307 g/mol. The maximum Gasteiger partial charge on any atom is 0.0470 e. The first kappa shape index (κ1) is 15.2. The van der Waals surface area contributed by atoms with Gasteiger partial charge in [0.25, 0.3) is 0 Å². The molecule has 0 saturated carbocycles. The lowest BCUT2D eigenvalue weighted by molar-refractivity contribution is 0.591. The predicted octanol–water partition coefficient (Wildman–Crippen LogP) is 5.90. The quantitative estimate of drug-likeness (QED) is 0.744. The van der Waals surface area contributed by atoms with E-state index in [0.717, 1.165) is 11.3 Å². The van der Waals surface area contributed by atoms with E-state index in [-0.39, 0.29) is 5.41 Å². The second-order valence-electron chi connectivity index (χ2n) is 5.88. The molecule has 0 radical (unpaired) electrons. The molecule has 0 heterocycles. The van der Waals surface area contributed by atoms with Crippen molar-refractivity contribution in [2.45, 2.75) is 32.7 Å². The van der Waals surface area contributed by atoms with Crippen LogP contribution < -0.4 is 5.32 Å². The summed E-state index contributed by atoms with van der Waals surface area (Å²) in [7, 11) is 0. The molecule has 0 atom stereocenters. The molecular weight excluding hydrogens is 289 g/mol. The number of para-hydroxylation sites is 1. The highest BCUT2D eigenvalue weighted by Crippen LogP contribution is 2.30. The smallest absolute Gasteiger partial charge is 0.0470 e. The van der Waals surface area contributed by atoms with Crippen LogP contribution in [0.25, 0.3) is 0 Å². The van der Waals surface area contributed by atoms with Crippen molar-refractivity contribution in [2.75, 3.05) is 5.32 Å². The third-order valence-corrected chi connectivity index (χ3v) is 3.81. The molecule has 0 unspecified atom stereocenters. The molecule has 3 heteroatoms. The van der Waals surface area contributed by atoms with Gasteiger partial charge in [-0.1, -0.05) is 68.2 Å². The SMILES string of the molecule is CC(C)(C)c1ccccc1NCc1ccc(Cl)cc1Cl. The van der Waals surface area contributed by atoms with Gasteiger partial charge in [0.1, 0.15) is 0 Å². The van der Waals surface area contributed by atoms with E-state index in [0.29, 0.717) is 16.6 Å². The Morgan fingerprint density at radius 2 is 1.70 bits per heavy atom. The fourth-order valence-corrected chi connectivity index (χ4v) is 2.62. The first-order valence-corrected chi connectivity index (χ1v) is 7.41. The minimum Gasteiger partial charge on any atom is -0.381 e. The molecule has 0 aromatic heterocycles. The number of halogens is 2. The normalized spacial score (nSPS) is 11.4. The molecule has 20 heavy (non-hydrogen) atoms. The molecule has 106 valence electrons. The molecule has 1 N–H and O–H groups in total. The third kappa shape index (κ3) is 3.68. The molecule has 0 aliphatic carbocycles. The second kappa shape index (κ2) is 6.07. The van der Waals surface area contributed by atoms with Crippen molar-refractivity contribution in [1.82, 2.24) is 0 Å². The minimum atomic E-state index is 0.105. The Kier molecular flexibility index (Phi) is 4.62. The van der Waals surface area contributed by atoms with Crippen LogP contribution in [0, 0.1) is 0 Å². The fourth-order valence-electron chi connectivity index (χ4n) is 2.15. The molecular formula is C17H19Cl2N. The van der Waals surface area contributed by atoms with Crippen LogP contribution in [0.1, 0.15) is 31.9 Å². The van der Waals surface area contributed by atoms with Gasteiger partial charge >= 0.3 is 0 Å². The highest BCUT2D eigenvalue weighted by Gasteiger charge is 2.17. The van der Waals surface area contributed by atoms with Gasteiger partial charge < -0.3 is 5.32 Å². The zero-order valence-corrected chi connectivity index (χ0v) is 13.5. The average molecular weight is 308 g/mol. The zero-order chi connectivity index (χ0) is 14.8. The number of anilines is 1. The van der Waals surface area contributed by atoms with Gasteiger partial charge in [-0.05, 0) is 34.7 Å². The van der Waals surface area contributed by atoms with Gasteiger partial charge in [-0.15, -0.1) is 0 Å². The molecule has 1 nitrogen and oxygen atoms in total. The van der Waals surface area contributed by atoms with E-state index in [2.05, 4.69) is 44.3 Å². The van der Waals surface area contributed by atoms with E-state index in [9.17, 15) is 0 Å². The number of benzene rings is 2. The topological polar surface area (TPSA) is 12.0 Å². The molecule has 0 saturated heterocycles. The van der Waals surface area contributed by atoms with Crippen molar-refractivity contribution < 1.29 is 0 Å². The van der Waals surface area contributed by atoms with E-state index in [1.807, 2.05) is 18.2 Å². The van der Waals surface area contributed by atoms with Crippen LogP contribution in [-0.2, 0) is 12.0 Å². The summed E-state index contributed by atoms with van der Waals surface area (Å²) in [5.74, 6) is 0. The first-order chi connectivity index (χ1) is 9.38. The van der Waals surface area contributed by atoms with E-state index in [4.69, 9.17) is 23.2 Å². The van der Waals surface area contributed by atoms with Crippen LogP contribution in [0.4, 0.5) is 5.69 Å². The second-order valence-corrected chi connectivity index (χ2v) is 6.73. The molecule has 2 aromatic rings. The van der Waals surface area contributed by atoms with Crippen molar-refractivity contribution in [2.24, 2.45) is 0 Å². The van der Waals surface area contributed by atoms with Crippen molar-refractivity contribution in [3.8, 4) is 0 Å². The van der Waals surface area contributed by atoms with Crippen LogP contribution in [0.2, 0.25) is 10.0 Å². The number of hydrogen-bond acceptors (Lipinski definition) is 1. The van der Waals surface area contributed by atoms with Crippen molar-refractivity contribution in [3.05, 3.63) is 63.6 Å². The van der Waals surface area contributed by atoms with Gasteiger partial charge in [-0.25, -0.2) is 0 Å². The molecule has 2 rings (SSSR count). The Morgan fingerprint density at radius 3 is 2.35 bits per heavy atom. The molecule has 0 aliphatic rings. The van der Waals surface area contributed by atoms with Gasteiger partial charge in [-0.2, -0.15) is 0 Å². The standard InChI is InChI=1S/C17H19Cl2N/c1-17(2,3)14-6-4-5-7-16(14)20-11-12-8-9-13(18)10-15(12)19/h4-10,20H,11H2,1-3H3. The molecule has 0 amide bonds. The van der Waals surface area contributed by atoms with Crippen LogP contribution in [-0.4, -0.2) is 0 Å². The van der Waals surface area contributed by atoms with Crippen molar-refractivity contribution >= 4 is 28.9 Å². The largest absolute Gasteiger partial charge is 0.381 e. The molecule has 0 aliphatic heterocycles. The van der Waals surface area contributed by atoms with Crippen LogP contribution in [0.5, 0.6) is 0 Å². The highest BCUT2D eigenvalue weighted by molar-refractivity contribution is 6.35. The van der Waals surface area contributed by atoms with E-state index in [1.165, 1.54) is 5.56 Å². The molecule has 0 fully saturated rings. The Balaban J connectivity index is 2.19. The fraction of sp³-hybridized carbons (Fsp3) is 0.294. The van der Waals surface area contributed by atoms with Crippen molar-refractivity contribution in [3.63, 3.8) is 0 Å². The Hall–Kier alpha value is -1.18. The molecule has 2 aromatic carbocycles. The van der Waals surface area contributed by atoms with E-state index >= 15 is 0 Å². The first-order valence-electron chi connectivity index (χ1n) is 6.65. The number of nitrogens with one attached hydrogen (secondary N) is 1. The summed E-state index contributed by atoms with van der Waals surface area (Å²) in [5, 5.41) is 4.82. The summed E-state index contributed by atoms with van der Waals surface area (Å²) >= 11 is 12.1. The number of rotatable bonds is 3. The summed E-state index contributed by atoms with van der Waals surface area (Å²) in [6, 6.07) is 14.0. The average Bonchev–Trinajstić information content (AvgIpc) is 2.37. The van der Waals surface area contributed by atoms with Gasteiger partial charge in [0.2, 0.25) is 0 Å². The molecule has 0 bridgehead atoms. The third-order valence-electron chi connectivity index (χ3n) is 3.22. The predicted molar refractivity (Wildman–Crippen MR) is 88.9 cm³/mol. The van der Waals surface area contributed by atoms with E-state index < -0.39 is 0 Å². The zero-order valence-electron chi connectivity index (χ0n) is 12.0. The van der Waals surface area contributed by atoms with Crippen LogP contribution in [0.3, 0.4) is 0 Å². The highest BCUT2D eigenvalue weighted by atomic mass is 35.5. The maximum atomic E-state index is 6.20. The minimum absolute atomic E-state index is 0.105. The summed E-state index contributed by atoms with van der Waals surface area (Å²) in [4.78, 5) is 0. The lowest BCUT2D eigenvalue weighted by Crippen LogP contribution is -2.14. The summed E-state index contributed by atoms with van der Waals surface area (Å²) in [5.41, 5.74) is 3.59. The number of hydrogen-bond donors (Lipinski definition) is 1. The summed E-state index contributed by atoms with van der Waals surface area (Å²) in [6.45, 7) is 7.32. The van der Waals surface area contributed by atoms with Crippen LogP contribution >= 0.6 is 23.2 Å². The van der Waals surface area contributed by atoms with Gasteiger partial charge in [-0.3, -0.25) is 0 Å². The lowest BCUT2D eigenvalue weighted by Gasteiger charge is -2.23. The summed E-state index contributed by atoms with van der Waals surface area (Å²) in [6.07, 6.45) is 0.